The van der Waals surface area contributed by atoms with Crippen LogP contribution in [0.1, 0.15) is 40.0 Å². The summed E-state index contributed by atoms with van der Waals surface area (Å²) in [6, 6.07) is 0. The molecule has 0 radical (unpaired) electrons. The largest absolute Gasteiger partial charge is 0.0651 e. The zero-order chi connectivity index (χ0) is 8.01. The van der Waals surface area contributed by atoms with E-state index in [4.69, 9.17) is 0 Å². The zero-order valence-electron chi connectivity index (χ0n) is 8.01. The second-order valence-electron chi connectivity index (χ2n) is 4.78. The fourth-order valence-corrected chi connectivity index (χ4v) is 3.15. The first-order valence-electron chi connectivity index (χ1n) is 5.24. The van der Waals surface area contributed by atoms with Gasteiger partial charge in [-0.1, -0.05) is 27.2 Å². The number of hydrogen-bond donors (Lipinski definition) is 0. The van der Waals surface area contributed by atoms with Gasteiger partial charge in [0.25, 0.3) is 0 Å². The summed E-state index contributed by atoms with van der Waals surface area (Å²) in [4.78, 5) is 0. The highest BCUT2D eigenvalue weighted by molar-refractivity contribution is 4.98. The summed E-state index contributed by atoms with van der Waals surface area (Å²) in [5, 5.41) is 0. The van der Waals surface area contributed by atoms with Gasteiger partial charge in [0.1, 0.15) is 0 Å². The maximum Gasteiger partial charge on any atom is -0.0354 e. The van der Waals surface area contributed by atoms with Gasteiger partial charge in [0.15, 0.2) is 0 Å². The first-order valence-corrected chi connectivity index (χ1v) is 5.24. The third-order valence-corrected chi connectivity index (χ3v) is 4.36. The Morgan fingerprint density at radius 3 is 2.45 bits per heavy atom. The van der Waals surface area contributed by atoms with Crippen LogP contribution in [-0.2, 0) is 0 Å². The van der Waals surface area contributed by atoms with Crippen molar-refractivity contribution in [2.45, 2.75) is 40.0 Å². The first-order chi connectivity index (χ1) is 5.24. The van der Waals surface area contributed by atoms with Gasteiger partial charge in [-0.2, -0.15) is 0 Å². The van der Waals surface area contributed by atoms with Gasteiger partial charge in [-0.05, 0) is 42.4 Å². The van der Waals surface area contributed by atoms with E-state index in [9.17, 15) is 0 Å². The lowest BCUT2D eigenvalue weighted by Crippen LogP contribution is -2.25. The van der Waals surface area contributed by atoms with Crippen molar-refractivity contribution in [3.8, 4) is 0 Å². The molecule has 2 saturated carbocycles. The fourth-order valence-electron chi connectivity index (χ4n) is 3.15. The molecule has 2 fully saturated rings. The normalized spacial score (nSPS) is 55.4. The van der Waals surface area contributed by atoms with Crippen molar-refractivity contribution in [2.75, 3.05) is 0 Å². The molecular formula is C11H20. The molecule has 2 aliphatic carbocycles. The number of rotatable bonds is 1. The van der Waals surface area contributed by atoms with E-state index in [2.05, 4.69) is 20.8 Å². The molecule has 0 heteroatoms. The average molecular weight is 152 g/mol. The zero-order valence-corrected chi connectivity index (χ0v) is 8.01. The smallest absolute Gasteiger partial charge is 0.0354 e. The van der Waals surface area contributed by atoms with Crippen LogP contribution in [0, 0.1) is 29.6 Å². The molecule has 0 N–H and O–H groups in total. The van der Waals surface area contributed by atoms with Crippen molar-refractivity contribution in [2.24, 2.45) is 29.6 Å². The Kier molecular flexibility index (Phi) is 1.74. The Balaban J connectivity index is 2.03. The fraction of sp³-hybridized carbons (Fsp3) is 1.00. The second-order valence-corrected chi connectivity index (χ2v) is 4.78. The summed E-state index contributed by atoms with van der Waals surface area (Å²) >= 11 is 0. The van der Waals surface area contributed by atoms with Crippen LogP contribution in [0.3, 0.4) is 0 Å². The van der Waals surface area contributed by atoms with E-state index < -0.39 is 0 Å². The molecule has 5 atom stereocenters. The lowest BCUT2D eigenvalue weighted by Gasteiger charge is -2.33. The summed E-state index contributed by atoms with van der Waals surface area (Å²) in [5.74, 6) is 5.36. The third kappa shape index (κ3) is 1.11. The van der Waals surface area contributed by atoms with Gasteiger partial charge in [0.05, 0.1) is 0 Å². The van der Waals surface area contributed by atoms with E-state index in [0.29, 0.717) is 0 Å². The van der Waals surface area contributed by atoms with Crippen LogP contribution in [-0.4, -0.2) is 0 Å². The van der Waals surface area contributed by atoms with Crippen molar-refractivity contribution in [3.63, 3.8) is 0 Å². The molecule has 0 spiro atoms. The monoisotopic (exact) mass is 152 g/mol. The number of hydrogen-bond acceptors (Lipinski definition) is 0. The predicted molar refractivity (Wildman–Crippen MR) is 48.3 cm³/mol. The summed E-state index contributed by atoms with van der Waals surface area (Å²) in [7, 11) is 0. The van der Waals surface area contributed by atoms with Gasteiger partial charge in [0, 0.05) is 0 Å². The molecule has 2 rings (SSSR count). The van der Waals surface area contributed by atoms with Crippen LogP contribution in [0.4, 0.5) is 0 Å². The molecule has 0 aromatic rings. The average Bonchev–Trinajstić information content (AvgIpc) is 2.75. The molecule has 5 unspecified atom stereocenters. The number of fused-ring (bicyclic) bond motifs is 1. The molecule has 0 saturated heterocycles. The highest BCUT2D eigenvalue weighted by Gasteiger charge is 2.48. The van der Waals surface area contributed by atoms with Crippen LogP contribution in [0.2, 0.25) is 0 Å². The van der Waals surface area contributed by atoms with E-state index >= 15 is 0 Å². The third-order valence-electron chi connectivity index (χ3n) is 4.36. The SMILES string of the molecule is CCC1CC2CC2C(C)C1C. The van der Waals surface area contributed by atoms with Crippen LogP contribution in [0.5, 0.6) is 0 Å². The molecule has 11 heavy (non-hydrogen) atoms. The molecule has 2 aliphatic rings. The molecule has 0 bridgehead atoms. The summed E-state index contributed by atoms with van der Waals surface area (Å²) in [6.07, 6.45) is 4.52. The van der Waals surface area contributed by atoms with Crippen LogP contribution >= 0.6 is 0 Å². The molecule has 0 heterocycles. The molecule has 0 aliphatic heterocycles. The van der Waals surface area contributed by atoms with Crippen molar-refractivity contribution in [3.05, 3.63) is 0 Å². The second kappa shape index (κ2) is 2.50. The van der Waals surface area contributed by atoms with Crippen LogP contribution in [0.25, 0.3) is 0 Å². The van der Waals surface area contributed by atoms with E-state index in [0.717, 1.165) is 29.6 Å². The minimum atomic E-state index is 1.00. The highest BCUT2D eigenvalue weighted by Crippen LogP contribution is 2.57. The van der Waals surface area contributed by atoms with Crippen molar-refractivity contribution >= 4 is 0 Å². The molecule has 0 amide bonds. The van der Waals surface area contributed by atoms with E-state index in [-0.39, 0.29) is 0 Å². The van der Waals surface area contributed by atoms with Gasteiger partial charge in [-0.15, -0.1) is 0 Å². The van der Waals surface area contributed by atoms with Gasteiger partial charge < -0.3 is 0 Å². The Morgan fingerprint density at radius 2 is 1.82 bits per heavy atom. The Morgan fingerprint density at radius 1 is 1.09 bits per heavy atom. The maximum atomic E-state index is 2.47. The quantitative estimate of drug-likeness (QED) is 0.540. The summed E-state index contributed by atoms with van der Waals surface area (Å²) in [6.45, 7) is 7.29. The minimum absolute atomic E-state index is 1.00. The lowest BCUT2D eigenvalue weighted by molar-refractivity contribution is 0.166. The van der Waals surface area contributed by atoms with Gasteiger partial charge in [0.2, 0.25) is 0 Å². The Labute approximate surface area is 70.4 Å². The van der Waals surface area contributed by atoms with E-state index in [1.165, 1.54) is 6.42 Å². The summed E-state index contributed by atoms with van der Waals surface area (Å²) < 4.78 is 0. The minimum Gasteiger partial charge on any atom is -0.0651 e. The first kappa shape index (κ1) is 7.64. The van der Waals surface area contributed by atoms with E-state index in [1.54, 1.807) is 12.8 Å². The van der Waals surface area contributed by atoms with Crippen molar-refractivity contribution < 1.29 is 0 Å². The van der Waals surface area contributed by atoms with E-state index in [1.807, 2.05) is 0 Å². The van der Waals surface area contributed by atoms with Crippen molar-refractivity contribution in [1.29, 1.82) is 0 Å². The standard InChI is InChI=1S/C11H20/c1-4-9-5-10-6-11(10)8(3)7(9)2/h7-11H,4-6H2,1-3H3. The van der Waals surface area contributed by atoms with Gasteiger partial charge >= 0.3 is 0 Å². The Bertz CT molecular complexity index is 150. The van der Waals surface area contributed by atoms with Crippen molar-refractivity contribution in [1.82, 2.24) is 0 Å². The lowest BCUT2D eigenvalue weighted by atomic mass is 9.73. The molecule has 64 valence electrons. The predicted octanol–water partition coefficient (Wildman–Crippen LogP) is 3.32. The van der Waals surface area contributed by atoms with Gasteiger partial charge in [-0.25, -0.2) is 0 Å². The topological polar surface area (TPSA) is 0 Å². The van der Waals surface area contributed by atoms with Crippen LogP contribution < -0.4 is 0 Å². The summed E-state index contributed by atoms with van der Waals surface area (Å²) in [5.41, 5.74) is 0. The maximum absolute atomic E-state index is 2.47. The van der Waals surface area contributed by atoms with Crippen LogP contribution in [0.15, 0.2) is 0 Å². The molecule has 0 aromatic carbocycles. The molecule has 0 aromatic heterocycles. The Hall–Kier alpha value is 0. The molecule has 0 nitrogen and oxygen atoms in total. The highest BCUT2D eigenvalue weighted by atomic mass is 14.5. The van der Waals surface area contributed by atoms with Gasteiger partial charge in [-0.3, -0.25) is 0 Å². The molecular weight excluding hydrogens is 132 g/mol.